The van der Waals surface area contributed by atoms with Gasteiger partial charge in [-0.15, -0.1) is 0 Å². The van der Waals surface area contributed by atoms with Crippen molar-refractivity contribution in [2.75, 3.05) is 0 Å². The summed E-state index contributed by atoms with van der Waals surface area (Å²) in [5.74, 6) is 0. The Morgan fingerprint density at radius 2 is 1.14 bits per heavy atom. The minimum absolute atomic E-state index is 0.908. The molecule has 0 saturated carbocycles. The molecule has 5 heterocycles. The molecule has 0 fully saturated rings. The van der Waals surface area contributed by atoms with E-state index in [4.69, 9.17) is 15.0 Å². The van der Waals surface area contributed by atoms with Crippen LogP contribution in [0, 0.1) is 20.8 Å². The van der Waals surface area contributed by atoms with Gasteiger partial charge in [-0.2, -0.15) is 0 Å². The van der Waals surface area contributed by atoms with Gasteiger partial charge in [0.25, 0.3) is 0 Å². The van der Waals surface area contributed by atoms with E-state index in [1.165, 1.54) is 16.7 Å². The van der Waals surface area contributed by atoms with Gasteiger partial charge in [-0.25, -0.2) is 4.98 Å². The molecule has 0 aliphatic carbocycles. The molecule has 9 aromatic rings. The van der Waals surface area contributed by atoms with E-state index in [9.17, 15) is 0 Å². The van der Waals surface area contributed by atoms with Crippen LogP contribution in [0.4, 0.5) is 0 Å². The van der Waals surface area contributed by atoms with Crippen molar-refractivity contribution >= 4 is 27.5 Å². The molecule has 0 atom stereocenters. The van der Waals surface area contributed by atoms with Gasteiger partial charge in [0.05, 0.1) is 22.4 Å². The number of benzene rings is 4. The van der Waals surface area contributed by atoms with E-state index < -0.39 is 0 Å². The number of pyridine rings is 4. The standard InChI is InChI=1S/C45H33N5/c1-28-23-35(24-29(2)48-28)39-27-36(40-25-34-13-9-20-46-42(34)44-37(40)14-10-21-47-44)26-38(30(39)3)31-16-18-32(19-17-31)43-45(33-11-5-4-6-12-33)50-22-8-7-15-41(50)49-43/h4-27H,1-3H3. The Kier molecular flexibility index (Phi) is 7.06. The Morgan fingerprint density at radius 1 is 0.480 bits per heavy atom. The van der Waals surface area contributed by atoms with Crippen molar-refractivity contribution in [3.63, 3.8) is 0 Å². The third kappa shape index (κ3) is 5.03. The van der Waals surface area contributed by atoms with E-state index in [2.05, 4.69) is 146 Å². The van der Waals surface area contributed by atoms with Crippen molar-refractivity contribution in [3.05, 3.63) is 163 Å². The minimum Gasteiger partial charge on any atom is -0.299 e. The second-order valence-electron chi connectivity index (χ2n) is 12.9. The molecule has 0 spiro atoms. The van der Waals surface area contributed by atoms with Crippen molar-refractivity contribution in [1.82, 2.24) is 24.3 Å². The van der Waals surface area contributed by atoms with Crippen LogP contribution in [0.25, 0.3) is 83.3 Å². The van der Waals surface area contributed by atoms with Gasteiger partial charge in [0.1, 0.15) is 5.65 Å². The lowest BCUT2D eigenvalue weighted by Crippen LogP contribution is -1.95. The molecule has 0 amide bonds. The van der Waals surface area contributed by atoms with E-state index in [0.717, 1.165) is 83.6 Å². The molecule has 0 unspecified atom stereocenters. The zero-order valence-corrected chi connectivity index (χ0v) is 28.1. The van der Waals surface area contributed by atoms with E-state index in [1.807, 2.05) is 30.6 Å². The fraction of sp³-hybridized carbons (Fsp3) is 0.0667. The summed E-state index contributed by atoms with van der Waals surface area (Å²) in [6.07, 6.45) is 5.77. The van der Waals surface area contributed by atoms with E-state index in [-0.39, 0.29) is 0 Å². The van der Waals surface area contributed by atoms with Crippen molar-refractivity contribution in [1.29, 1.82) is 0 Å². The first-order valence-corrected chi connectivity index (χ1v) is 16.9. The number of rotatable bonds is 5. The lowest BCUT2D eigenvalue weighted by atomic mass is 9.87. The number of aryl methyl sites for hydroxylation is 2. The van der Waals surface area contributed by atoms with Gasteiger partial charge in [0.15, 0.2) is 0 Å². The Morgan fingerprint density at radius 3 is 1.92 bits per heavy atom. The highest BCUT2D eigenvalue weighted by atomic mass is 15.0. The van der Waals surface area contributed by atoms with Crippen LogP contribution in [0.5, 0.6) is 0 Å². The van der Waals surface area contributed by atoms with Gasteiger partial charge in [-0.05, 0) is 114 Å². The molecule has 0 aliphatic rings. The Bertz CT molecular complexity index is 2710. The zero-order chi connectivity index (χ0) is 33.8. The second kappa shape index (κ2) is 11.9. The number of nitrogens with zero attached hydrogens (tertiary/aromatic N) is 5. The SMILES string of the molecule is Cc1cc(-c2cc(-c3cc4cccnc4c4ncccc34)cc(-c3ccc(-c4nc5ccccn5c4-c4ccccc4)cc3)c2C)cc(C)n1. The largest absolute Gasteiger partial charge is 0.299 e. The zero-order valence-electron chi connectivity index (χ0n) is 28.1. The first-order chi connectivity index (χ1) is 24.5. The molecule has 5 heteroatoms. The van der Waals surface area contributed by atoms with Crippen LogP contribution >= 0.6 is 0 Å². The Balaban J connectivity index is 1.25. The molecule has 0 radical (unpaired) electrons. The van der Waals surface area contributed by atoms with Crippen LogP contribution in [0.2, 0.25) is 0 Å². The molecule has 50 heavy (non-hydrogen) atoms. The summed E-state index contributed by atoms with van der Waals surface area (Å²) in [6.45, 7) is 6.36. The molecule has 0 saturated heterocycles. The number of hydrogen-bond acceptors (Lipinski definition) is 4. The van der Waals surface area contributed by atoms with Gasteiger partial charge in [0.2, 0.25) is 0 Å². The number of aromatic nitrogens is 5. The van der Waals surface area contributed by atoms with Crippen LogP contribution in [0.15, 0.2) is 146 Å². The third-order valence-corrected chi connectivity index (χ3v) is 9.62. The van der Waals surface area contributed by atoms with Crippen molar-refractivity contribution in [2.45, 2.75) is 20.8 Å². The number of imidazole rings is 1. The van der Waals surface area contributed by atoms with Gasteiger partial charge in [-0.1, -0.05) is 72.8 Å². The maximum Gasteiger partial charge on any atom is 0.137 e. The van der Waals surface area contributed by atoms with Crippen LogP contribution in [-0.2, 0) is 0 Å². The summed E-state index contributed by atoms with van der Waals surface area (Å²) in [6, 6.07) is 45.1. The summed E-state index contributed by atoms with van der Waals surface area (Å²) < 4.78 is 2.18. The fourth-order valence-corrected chi connectivity index (χ4v) is 7.35. The molecule has 5 nitrogen and oxygen atoms in total. The summed E-state index contributed by atoms with van der Waals surface area (Å²) in [4.78, 5) is 19.3. The van der Waals surface area contributed by atoms with Crippen molar-refractivity contribution in [3.8, 4) is 55.9 Å². The molecule has 0 bridgehead atoms. The predicted molar refractivity (Wildman–Crippen MR) is 205 cm³/mol. The normalized spacial score (nSPS) is 11.5. The van der Waals surface area contributed by atoms with Crippen molar-refractivity contribution in [2.24, 2.45) is 0 Å². The molecule has 9 rings (SSSR count). The summed E-state index contributed by atoms with van der Waals surface area (Å²) in [7, 11) is 0. The average molecular weight is 644 g/mol. The quantitative estimate of drug-likeness (QED) is 0.175. The van der Waals surface area contributed by atoms with Gasteiger partial charge >= 0.3 is 0 Å². The number of fused-ring (bicyclic) bond motifs is 4. The lowest BCUT2D eigenvalue weighted by Gasteiger charge is -2.18. The first-order valence-electron chi connectivity index (χ1n) is 16.9. The van der Waals surface area contributed by atoms with Gasteiger partial charge in [-0.3, -0.25) is 19.4 Å². The molecule has 0 aliphatic heterocycles. The van der Waals surface area contributed by atoms with Crippen LogP contribution in [0.3, 0.4) is 0 Å². The summed E-state index contributed by atoms with van der Waals surface area (Å²) in [5.41, 5.74) is 17.2. The summed E-state index contributed by atoms with van der Waals surface area (Å²) >= 11 is 0. The second-order valence-corrected chi connectivity index (χ2v) is 12.9. The monoisotopic (exact) mass is 643 g/mol. The van der Waals surface area contributed by atoms with Crippen LogP contribution in [-0.4, -0.2) is 24.3 Å². The lowest BCUT2D eigenvalue weighted by molar-refractivity contribution is 1.12. The van der Waals surface area contributed by atoms with Gasteiger partial charge < -0.3 is 0 Å². The minimum atomic E-state index is 0.908. The molecule has 5 aromatic heterocycles. The Hall–Kier alpha value is -6.46. The molecular formula is C45H33N5. The smallest absolute Gasteiger partial charge is 0.137 e. The average Bonchev–Trinajstić information content (AvgIpc) is 3.54. The van der Waals surface area contributed by atoms with Crippen LogP contribution < -0.4 is 0 Å². The Labute approximate surface area is 290 Å². The predicted octanol–water partition coefficient (Wildman–Crippen LogP) is 11.1. The highest BCUT2D eigenvalue weighted by molar-refractivity contribution is 6.10. The molecule has 4 aromatic carbocycles. The maximum absolute atomic E-state index is 5.10. The number of hydrogen-bond donors (Lipinski definition) is 0. The van der Waals surface area contributed by atoms with Crippen molar-refractivity contribution < 1.29 is 0 Å². The van der Waals surface area contributed by atoms with Crippen LogP contribution in [0.1, 0.15) is 17.0 Å². The van der Waals surface area contributed by atoms with Gasteiger partial charge in [0, 0.05) is 51.9 Å². The van der Waals surface area contributed by atoms with E-state index >= 15 is 0 Å². The van der Waals surface area contributed by atoms with E-state index in [1.54, 1.807) is 0 Å². The highest BCUT2D eigenvalue weighted by Gasteiger charge is 2.19. The molecular weight excluding hydrogens is 611 g/mol. The van der Waals surface area contributed by atoms with E-state index in [0.29, 0.717) is 0 Å². The summed E-state index contributed by atoms with van der Waals surface area (Å²) in [5, 5.41) is 2.15. The molecule has 0 N–H and O–H groups in total. The highest BCUT2D eigenvalue weighted by Crippen LogP contribution is 2.41. The third-order valence-electron chi connectivity index (χ3n) is 9.62. The topological polar surface area (TPSA) is 56.0 Å². The maximum atomic E-state index is 5.10. The molecule has 238 valence electrons. The fourth-order valence-electron chi connectivity index (χ4n) is 7.35. The first kappa shape index (κ1) is 29.7.